The summed E-state index contributed by atoms with van der Waals surface area (Å²) in [6.45, 7) is 0.511. The maximum Gasteiger partial charge on any atom is 0.254 e. The fraction of sp³-hybridized carbons (Fsp3) is 0.652. The maximum absolute atomic E-state index is 13.3. The average molecular weight is 538 g/mol. The first kappa shape index (κ1) is 31.6. The summed E-state index contributed by atoms with van der Waals surface area (Å²) in [5.41, 5.74) is 6.30. The molecule has 0 bridgehead atoms. The largest absolute Gasteiger partial charge is 0.388 e. The molecule has 9 nitrogen and oxygen atoms in total. The molecule has 1 heterocycles. The summed E-state index contributed by atoms with van der Waals surface area (Å²) in [5.74, 6) is -0.460. The van der Waals surface area contributed by atoms with E-state index < -0.39 is 36.1 Å². The molecule has 1 aliphatic rings. The Morgan fingerprint density at radius 3 is 2.43 bits per heavy atom. The van der Waals surface area contributed by atoms with Crippen molar-refractivity contribution < 1.29 is 34.0 Å². The Balaban J connectivity index is 0.00000612. The molecule has 1 fully saturated rings. The Hall–Kier alpha value is -1.47. The van der Waals surface area contributed by atoms with Gasteiger partial charge in [0.25, 0.3) is 5.91 Å². The van der Waals surface area contributed by atoms with E-state index in [2.05, 4.69) is 0 Å². The van der Waals surface area contributed by atoms with Gasteiger partial charge in [0.2, 0.25) is 5.91 Å². The number of thioether (sulfide) groups is 1. The van der Waals surface area contributed by atoms with Crippen molar-refractivity contribution in [3.05, 3.63) is 35.6 Å². The quantitative estimate of drug-likeness (QED) is 0.426. The third-order valence-corrected chi connectivity index (χ3v) is 6.38. The van der Waals surface area contributed by atoms with Gasteiger partial charge in [-0.05, 0) is 55.5 Å². The molecule has 0 spiro atoms. The molecule has 35 heavy (non-hydrogen) atoms. The fourth-order valence-corrected chi connectivity index (χ4v) is 4.12. The zero-order chi connectivity index (χ0) is 25.1. The summed E-state index contributed by atoms with van der Waals surface area (Å²) >= 11 is 1.60. The number of aliphatic hydroxyl groups is 3. The van der Waals surface area contributed by atoms with Gasteiger partial charge >= 0.3 is 0 Å². The average Bonchev–Trinajstić information content (AvgIpc) is 2.83. The molecule has 4 atom stereocenters. The number of hydrogen-bond donors (Lipinski definition) is 4. The SMILES string of the molecule is CSCC[C@H](N)C(=O)N1CCCCOC[C@@H](O)[C@H](O)[C@@H](O)CN(C(=O)c2ccc(F)cc2)CC1.Cl. The summed E-state index contributed by atoms with van der Waals surface area (Å²) < 4.78 is 18.7. The Labute approximate surface area is 216 Å². The molecule has 0 radical (unpaired) electrons. The van der Waals surface area contributed by atoms with Gasteiger partial charge in [-0.3, -0.25) is 9.59 Å². The monoisotopic (exact) mass is 537 g/mol. The molecular weight excluding hydrogens is 501 g/mol. The van der Waals surface area contributed by atoms with E-state index >= 15 is 0 Å². The highest BCUT2D eigenvalue weighted by atomic mass is 35.5. The Morgan fingerprint density at radius 2 is 1.77 bits per heavy atom. The van der Waals surface area contributed by atoms with Crippen LogP contribution >= 0.6 is 24.2 Å². The Bertz CT molecular complexity index is 778. The zero-order valence-electron chi connectivity index (χ0n) is 19.9. The Morgan fingerprint density at radius 1 is 1.11 bits per heavy atom. The van der Waals surface area contributed by atoms with Crippen LogP contribution in [0.15, 0.2) is 24.3 Å². The molecule has 2 rings (SSSR count). The number of rotatable bonds is 5. The molecule has 1 aromatic rings. The van der Waals surface area contributed by atoms with Gasteiger partial charge in [-0.25, -0.2) is 4.39 Å². The first-order valence-electron chi connectivity index (χ1n) is 11.4. The van der Waals surface area contributed by atoms with Crippen LogP contribution < -0.4 is 5.73 Å². The van der Waals surface area contributed by atoms with E-state index in [-0.39, 0.29) is 50.1 Å². The van der Waals surface area contributed by atoms with Gasteiger partial charge in [0.15, 0.2) is 0 Å². The third-order valence-electron chi connectivity index (χ3n) is 5.73. The van der Waals surface area contributed by atoms with Crippen LogP contribution in [0.25, 0.3) is 0 Å². The van der Waals surface area contributed by atoms with E-state index in [9.17, 15) is 29.3 Å². The van der Waals surface area contributed by atoms with Crippen molar-refractivity contribution in [3.63, 3.8) is 0 Å². The second-order valence-electron chi connectivity index (χ2n) is 8.38. The van der Waals surface area contributed by atoms with Crippen LogP contribution in [0.5, 0.6) is 0 Å². The molecule has 12 heteroatoms. The third kappa shape index (κ3) is 10.2. The predicted molar refractivity (Wildman–Crippen MR) is 135 cm³/mol. The lowest BCUT2D eigenvalue weighted by Crippen LogP contribution is -2.51. The standard InChI is InChI=1S/C23H36FN3O6S.ClH/c1-34-13-8-18(25)23(32)26-9-2-3-12-33-15-20(29)21(30)19(28)14-27(11-10-26)22(31)16-4-6-17(24)7-5-16;/h4-7,18-21,28-30H,2-3,8-15,25H2,1H3;1H/t18-,19-,20+,21+;/m0./s1. The highest BCUT2D eigenvalue weighted by Crippen LogP contribution is 2.12. The lowest BCUT2D eigenvalue weighted by atomic mass is 10.1. The van der Waals surface area contributed by atoms with E-state index in [1.165, 1.54) is 17.0 Å². The number of carbonyl (C=O) groups excluding carboxylic acids is 2. The topological polar surface area (TPSA) is 137 Å². The van der Waals surface area contributed by atoms with Gasteiger partial charge in [-0.1, -0.05) is 0 Å². The number of carbonyl (C=O) groups is 2. The molecule has 0 aliphatic carbocycles. The first-order valence-corrected chi connectivity index (χ1v) is 12.8. The van der Waals surface area contributed by atoms with Gasteiger partial charge < -0.3 is 35.6 Å². The van der Waals surface area contributed by atoms with Crippen molar-refractivity contribution in [2.75, 3.05) is 51.4 Å². The molecule has 1 aromatic carbocycles. The van der Waals surface area contributed by atoms with Crippen molar-refractivity contribution in [2.24, 2.45) is 5.73 Å². The molecule has 1 aliphatic heterocycles. The van der Waals surface area contributed by atoms with E-state index in [1.54, 1.807) is 16.7 Å². The van der Waals surface area contributed by atoms with E-state index in [4.69, 9.17) is 10.5 Å². The van der Waals surface area contributed by atoms with Gasteiger partial charge in [0, 0.05) is 38.3 Å². The van der Waals surface area contributed by atoms with Gasteiger partial charge in [0.1, 0.15) is 24.1 Å². The minimum atomic E-state index is -1.54. The molecular formula is C23H37ClFN3O6S. The van der Waals surface area contributed by atoms with Gasteiger partial charge in [-0.15, -0.1) is 12.4 Å². The summed E-state index contributed by atoms with van der Waals surface area (Å²) in [4.78, 5) is 29.0. The number of halogens is 2. The number of aliphatic hydroxyl groups excluding tert-OH is 3. The van der Waals surface area contributed by atoms with Crippen LogP contribution in [-0.4, -0.2) is 113 Å². The summed E-state index contributed by atoms with van der Waals surface area (Å²) in [6.07, 6.45) is -0.604. The minimum absolute atomic E-state index is 0. The summed E-state index contributed by atoms with van der Waals surface area (Å²) in [6, 6.07) is 4.31. The van der Waals surface area contributed by atoms with Crippen molar-refractivity contribution in [2.45, 2.75) is 43.6 Å². The Kier molecular flexibility index (Phi) is 14.7. The van der Waals surface area contributed by atoms with Crippen LogP contribution in [0.1, 0.15) is 29.6 Å². The maximum atomic E-state index is 13.3. The van der Waals surface area contributed by atoms with Crippen LogP contribution in [0.3, 0.4) is 0 Å². The van der Waals surface area contributed by atoms with Crippen molar-refractivity contribution >= 4 is 36.0 Å². The predicted octanol–water partition coefficient (Wildman–Crippen LogP) is 0.492. The first-order chi connectivity index (χ1) is 16.2. The lowest BCUT2D eigenvalue weighted by Gasteiger charge is -2.33. The van der Waals surface area contributed by atoms with Crippen molar-refractivity contribution in [3.8, 4) is 0 Å². The van der Waals surface area contributed by atoms with Crippen molar-refractivity contribution in [1.82, 2.24) is 9.80 Å². The molecule has 200 valence electrons. The highest BCUT2D eigenvalue weighted by molar-refractivity contribution is 7.98. The summed E-state index contributed by atoms with van der Waals surface area (Å²) in [5, 5.41) is 30.9. The van der Waals surface area contributed by atoms with Gasteiger partial charge in [0.05, 0.1) is 12.6 Å². The van der Waals surface area contributed by atoms with Crippen LogP contribution in [0.2, 0.25) is 0 Å². The van der Waals surface area contributed by atoms with Crippen LogP contribution in [-0.2, 0) is 9.53 Å². The number of benzene rings is 1. The van der Waals surface area contributed by atoms with Crippen molar-refractivity contribution in [1.29, 1.82) is 0 Å². The second-order valence-corrected chi connectivity index (χ2v) is 9.36. The number of nitrogens with two attached hydrogens (primary N) is 1. The molecule has 0 aromatic heterocycles. The lowest BCUT2D eigenvalue weighted by molar-refractivity contribution is -0.133. The smallest absolute Gasteiger partial charge is 0.254 e. The van der Waals surface area contributed by atoms with E-state index in [0.717, 1.165) is 17.9 Å². The summed E-state index contributed by atoms with van der Waals surface area (Å²) in [7, 11) is 0. The van der Waals surface area contributed by atoms with E-state index in [1.807, 2.05) is 6.26 Å². The molecule has 0 saturated carbocycles. The molecule has 5 N–H and O–H groups in total. The van der Waals surface area contributed by atoms with Crippen LogP contribution in [0, 0.1) is 5.82 Å². The molecule has 0 unspecified atom stereocenters. The number of nitrogens with zero attached hydrogens (tertiary/aromatic N) is 2. The fourth-order valence-electron chi connectivity index (χ4n) is 3.63. The van der Waals surface area contributed by atoms with E-state index in [0.29, 0.717) is 32.4 Å². The highest BCUT2D eigenvalue weighted by Gasteiger charge is 2.30. The number of amides is 2. The number of hydrogen-bond acceptors (Lipinski definition) is 8. The number of ether oxygens (including phenoxy) is 1. The zero-order valence-corrected chi connectivity index (χ0v) is 21.6. The number of β-amino-alcohol motifs (C(OH)–C–C–N with tert-alkyl or cyclic N) is 1. The normalized spacial score (nSPS) is 23.7. The second kappa shape index (κ2) is 16.3. The van der Waals surface area contributed by atoms with Crippen LogP contribution in [0.4, 0.5) is 4.39 Å². The molecule has 1 saturated heterocycles. The molecule has 2 amide bonds. The van der Waals surface area contributed by atoms with Gasteiger partial charge in [-0.2, -0.15) is 11.8 Å². The minimum Gasteiger partial charge on any atom is -0.388 e.